The van der Waals surface area contributed by atoms with Crippen LogP contribution in [0.3, 0.4) is 0 Å². The third-order valence-corrected chi connectivity index (χ3v) is 2.88. The Hall–Kier alpha value is -1.55. The molecule has 1 aromatic rings. The second-order valence-corrected chi connectivity index (χ2v) is 4.19. The van der Waals surface area contributed by atoms with Crippen molar-refractivity contribution in [1.29, 1.82) is 0 Å². The number of ether oxygens (including phenoxy) is 2. The van der Waals surface area contributed by atoms with Crippen LogP contribution in [0.1, 0.15) is 12.0 Å². The number of hydrogen-bond acceptors (Lipinski definition) is 4. The van der Waals surface area contributed by atoms with Gasteiger partial charge >= 0.3 is 5.97 Å². The largest absolute Gasteiger partial charge is 0.496 e. The lowest BCUT2D eigenvalue weighted by atomic mass is 10.1. The van der Waals surface area contributed by atoms with E-state index in [4.69, 9.17) is 4.74 Å². The quantitative estimate of drug-likeness (QED) is 0.692. The number of benzene rings is 1. The van der Waals surface area contributed by atoms with E-state index >= 15 is 0 Å². The van der Waals surface area contributed by atoms with E-state index in [-0.39, 0.29) is 5.97 Å². The second kappa shape index (κ2) is 7.71. The second-order valence-electron chi connectivity index (χ2n) is 4.19. The van der Waals surface area contributed by atoms with Crippen LogP contribution in [-0.2, 0) is 16.0 Å². The van der Waals surface area contributed by atoms with Gasteiger partial charge in [-0.15, -0.1) is 0 Å². The molecule has 0 fully saturated rings. The van der Waals surface area contributed by atoms with Gasteiger partial charge in [0.05, 0.1) is 20.6 Å². The molecule has 0 radical (unpaired) electrons. The van der Waals surface area contributed by atoms with Crippen molar-refractivity contribution in [2.24, 2.45) is 0 Å². The van der Waals surface area contributed by atoms with Crippen molar-refractivity contribution >= 4 is 5.97 Å². The normalized spacial score (nSPS) is 10.4. The van der Waals surface area contributed by atoms with Crippen molar-refractivity contribution in [3.05, 3.63) is 29.8 Å². The average molecular weight is 251 g/mol. The molecule has 0 unspecified atom stereocenters. The summed E-state index contributed by atoms with van der Waals surface area (Å²) < 4.78 is 9.91. The lowest BCUT2D eigenvalue weighted by Crippen LogP contribution is -2.24. The zero-order valence-corrected chi connectivity index (χ0v) is 11.3. The standard InChI is InChI=1S/C14H21NO3/c1-15(11-9-14(16)18-3)10-8-12-6-4-5-7-13(12)17-2/h4-7H,8-11H2,1-3H3. The van der Waals surface area contributed by atoms with Crippen LogP contribution < -0.4 is 4.74 Å². The molecule has 0 aliphatic carbocycles. The topological polar surface area (TPSA) is 38.8 Å². The number of methoxy groups -OCH3 is 2. The van der Waals surface area contributed by atoms with E-state index in [1.165, 1.54) is 12.7 Å². The van der Waals surface area contributed by atoms with E-state index in [0.717, 1.165) is 18.7 Å². The molecule has 0 heterocycles. The fraction of sp³-hybridized carbons (Fsp3) is 0.500. The number of rotatable bonds is 7. The summed E-state index contributed by atoms with van der Waals surface area (Å²) in [4.78, 5) is 13.1. The lowest BCUT2D eigenvalue weighted by Gasteiger charge is -2.16. The molecule has 1 aromatic carbocycles. The predicted molar refractivity (Wildman–Crippen MR) is 70.8 cm³/mol. The van der Waals surface area contributed by atoms with Crippen LogP contribution in [0.25, 0.3) is 0 Å². The van der Waals surface area contributed by atoms with Gasteiger partial charge in [-0.3, -0.25) is 4.79 Å². The Kier molecular flexibility index (Phi) is 6.22. The molecule has 0 saturated carbocycles. The van der Waals surface area contributed by atoms with Crippen LogP contribution >= 0.6 is 0 Å². The molecule has 0 spiro atoms. The molecule has 0 amide bonds. The maximum absolute atomic E-state index is 11.0. The van der Waals surface area contributed by atoms with Crippen LogP contribution in [0.15, 0.2) is 24.3 Å². The summed E-state index contributed by atoms with van der Waals surface area (Å²) in [7, 11) is 5.09. The Balaban J connectivity index is 2.37. The van der Waals surface area contributed by atoms with Crippen molar-refractivity contribution < 1.29 is 14.3 Å². The number of para-hydroxylation sites is 1. The smallest absolute Gasteiger partial charge is 0.306 e. The predicted octanol–water partition coefficient (Wildman–Crippen LogP) is 1.73. The molecule has 4 nitrogen and oxygen atoms in total. The van der Waals surface area contributed by atoms with E-state index in [9.17, 15) is 4.79 Å². The molecule has 0 aliphatic rings. The van der Waals surface area contributed by atoms with Gasteiger partial charge in [0, 0.05) is 13.1 Å². The first-order chi connectivity index (χ1) is 8.67. The number of esters is 1. The molecule has 0 aliphatic heterocycles. The highest BCUT2D eigenvalue weighted by atomic mass is 16.5. The van der Waals surface area contributed by atoms with Crippen molar-refractivity contribution in [3.63, 3.8) is 0 Å². The monoisotopic (exact) mass is 251 g/mol. The van der Waals surface area contributed by atoms with E-state index in [2.05, 4.69) is 15.7 Å². The Morgan fingerprint density at radius 1 is 1.22 bits per heavy atom. The van der Waals surface area contributed by atoms with Gasteiger partial charge in [-0.1, -0.05) is 18.2 Å². The average Bonchev–Trinajstić information content (AvgIpc) is 2.42. The minimum absolute atomic E-state index is 0.167. The van der Waals surface area contributed by atoms with Crippen LogP contribution in [-0.4, -0.2) is 45.2 Å². The zero-order chi connectivity index (χ0) is 13.4. The molecule has 0 aromatic heterocycles. The first-order valence-corrected chi connectivity index (χ1v) is 6.04. The van der Waals surface area contributed by atoms with Gasteiger partial charge in [0.25, 0.3) is 0 Å². The van der Waals surface area contributed by atoms with E-state index < -0.39 is 0 Å². The molecule has 1 rings (SSSR count). The SMILES string of the molecule is COC(=O)CCN(C)CCc1ccccc1OC. The molecule has 0 atom stereocenters. The van der Waals surface area contributed by atoms with Gasteiger partial charge in [-0.2, -0.15) is 0 Å². The molecule has 0 N–H and O–H groups in total. The molecular formula is C14H21NO3. The molecule has 0 bridgehead atoms. The number of carbonyl (C=O) groups excluding carboxylic acids is 1. The van der Waals surface area contributed by atoms with Crippen LogP contribution in [0.5, 0.6) is 5.75 Å². The Morgan fingerprint density at radius 2 is 1.94 bits per heavy atom. The van der Waals surface area contributed by atoms with E-state index in [0.29, 0.717) is 13.0 Å². The lowest BCUT2D eigenvalue weighted by molar-refractivity contribution is -0.140. The minimum atomic E-state index is -0.167. The van der Waals surface area contributed by atoms with Crippen molar-refractivity contribution in [2.75, 3.05) is 34.4 Å². The highest BCUT2D eigenvalue weighted by Gasteiger charge is 2.06. The summed E-state index contributed by atoms with van der Waals surface area (Å²) in [6, 6.07) is 7.99. The summed E-state index contributed by atoms with van der Waals surface area (Å²) in [5, 5.41) is 0. The van der Waals surface area contributed by atoms with Crippen molar-refractivity contribution in [1.82, 2.24) is 4.90 Å². The van der Waals surface area contributed by atoms with Crippen molar-refractivity contribution in [2.45, 2.75) is 12.8 Å². The van der Waals surface area contributed by atoms with Gasteiger partial charge < -0.3 is 14.4 Å². The number of nitrogens with zero attached hydrogens (tertiary/aromatic N) is 1. The maximum Gasteiger partial charge on any atom is 0.306 e. The Bertz CT molecular complexity index is 379. The zero-order valence-electron chi connectivity index (χ0n) is 11.3. The number of carbonyl (C=O) groups is 1. The third-order valence-electron chi connectivity index (χ3n) is 2.88. The maximum atomic E-state index is 11.0. The fourth-order valence-electron chi connectivity index (χ4n) is 1.72. The number of hydrogen-bond donors (Lipinski definition) is 0. The van der Waals surface area contributed by atoms with Gasteiger partial charge in [0.1, 0.15) is 5.75 Å². The fourth-order valence-corrected chi connectivity index (χ4v) is 1.72. The number of likely N-dealkylation sites (N-methyl/N-ethyl adjacent to an activating group) is 1. The molecule has 4 heteroatoms. The van der Waals surface area contributed by atoms with Gasteiger partial charge in [0.15, 0.2) is 0 Å². The summed E-state index contributed by atoms with van der Waals surface area (Å²) in [6.45, 7) is 1.60. The summed E-state index contributed by atoms with van der Waals surface area (Å²) in [5.74, 6) is 0.748. The van der Waals surface area contributed by atoms with Crippen LogP contribution in [0.4, 0.5) is 0 Å². The molecule has 0 saturated heterocycles. The molecule has 18 heavy (non-hydrogen) atoms. The van der Waals surface area contributed by atoms with Crippen LogP contribution in [0.2, 0.25) is 0 Å². The van der Waals surface area contributed by atoms with E-state index in [1.54, 1.807) is 7.11 Å². The van der Waals surface area contributed by atoms with E-state index in [1.807, 2.05) is 25.2 Å². The third kappa shape index (κ3) is 4.75. The summed E-state index contributed by atoms with van der Waals surface area (Å²) in [6.07, 6.45) is 1.33. The van der Waals surface area contributed by atoms with Gasteiger partial charge in [0.2, 0.25) is 0 Å². The Morgan fingerprint density at radius 3 is 2.61 bits per heavy atom. The summed E-state index contributed by atoms with van der Waals surface area (Å²) >= 11 is 0. The van der Waals surface area contributed by atoms with Crippen LogP contribution in [0, 0.1) is 0 Å². The van der Waals surface area contributed by atoms with Gasteiger partial charge in [-0.25, -0.2) is 0 Å². The van der Waals surface area contributed by atoms with Gasteiger partial charge in [-0.05, 0) is 25.1 Å². The Labute approximate surface area is 108 Å². The van der Waals surface area contributed by atoms with Crippen molar-refractivity contribution in [3.8, 4) is 5.75 Å². The molecular weight excluding hydrogens is 230 g/mol. The first-order valence-electron chi connectivity index (χ1n) is 6.04. The highest BCUT2D eigenvalue weighted by molar-refractivity contribution is 5.69. The molecule has 100 valence electrons. The summed E-state index contributed by atoms with van der Waals surface area (Å²) in [5.41, 5.74) is 1.19. The minimum Gasteiger partial charge on any atom is -0.496 e. The first kappa shape index (κ1) is 14.5. The highest BCUT2D eigenvalue weighted by Crippen LogP contribution is 2.17.